The number of nitrogens with two attached hydrogens (primary N) is 1. The lowest BCUT2D eigenvalue weighted by Gasteiger charge is -2.20. The van der Waals surface area contributed by atoms with Gasteiger partial charge in [-0.2, -0.15) is 18.2 Å². The van der Waals surface area contributed by atoms with E-state index in [4.69, 9.17) is 10.5 Å². The molecule has 3 aromatic rings. The van der Waals surface area contributed by atoms with E-state index >= 15 is 0 Å². The van der Waals surface area contributed by atoms with Gasteiger partial charge in [-0.25, -0.2) is 4.39 Å². The summed E-state index contributed by atoms with van der Waals surface area (Å²) in [6.45, 7) is 1.47. The summed E-state index contributed by atoms with van der Waals surface area (Å²) in [6.07, 6.45) is -4.10. The van der Waals surface area contributed by atoms with Crippen molar-refractivity contribution >= 4 is 29.0 Å². The van der Waals surface area contributed by atoms with E-state index in [1.54, 1.807) is 0 Å². The average Bonchev–Trinajstić information content (AvgIpc) is 2.79. The number of aromatic nitrogens is 3. The van der Waals surface area contributed by atoms with Crippen LogP contribution in [0.3, 0.4) is 0 Å². The van der Waals surface area contributed by atoms with E-state index in [1.165, 1.54) is 7.11 Å². The van der Waals surface area contributed by atoms with Gasteiger partial charge in [0.1, 0.15) is 11.6 Å². The van der Waals surface area contributed by atoms with E-state index in [9.17, 15) is 22.4 Å². The molecule has 0 aliphatic carbocycles. The van der Waals surface area contributed by atoms with Gasteiger partial charge in [0, 0.05) is 6.54 Å². The van der Waals surface area contributed by atoms with E-state index in [0.29, 0.717) is 24.0 Å². The van der Waals surface area contributed by atoms with E-state index in [0.717, 1.165) is 36.2 Å². The van der Waals surface area contributed by atoms with Gasteiger partial charge in [0.05, 0.1) is 24.0 Å². The molecule has 0 saturated carbocycles. The SMILES string of the molecule is COc1cc2c(cc1Nc1nnc(C(N)=O)c(Nc3c(F)cccc3C(F)(F)F)n1)CCNC2. The van der Waals surface area contributed by atoms with Gasteiger partial charge in [-0.05, 0) is 48.4 Å². The van der Waals surface area contributed by atoms with Crippen LogP contribution in [0, 0.1) is 5.82 Å². The smallest absolute Gasteiger partial charge is 0.418 e. The summed E-state index contributed by atoms with van der Waals surface area (Å²) in [4.78, 5) is 15.8. The van der Waals surface area contributed by atoms with Crippen molar-refractivity contribution in [1.82, 2.24) is 20.5 Å². The third-order valence-electron chi connectivity index (χ3n) is 5.14. The Morgan fingerprint density at radius 1 is 1.18 bits per heavy atom. The first-order chi connectivity index (χ1) is 16.2. The minimum Gasteiger partial charge on any atom is -0.495 e. The quantitative estimate of drug-likeness (QED) is 0.399. The maximum absolute atomic E-state index is 14.3. The van der Waals surface area contributed by atoms with Gasteiger partial charge in [-0.15, -0.1) is 10.2 Å². The van der Waals surface area contributed by atoms with Crippen molar-refractivity contribution in [3.8, 4) is 5.75 Å². The highest BCUT2D eigenvalue weighted by Gasteiger charge is 2.35. The van der Waals surface area contributed by atoms with Gasteiger partial charge < -0.3 is 26.4 Å². The van der Waals surface area contributed by atoms with Crippen molar-refractivity contribution in [2.45, 2.75) is 19.1 Å². The van der Waals surface area contributed by atoms with Crippen molar-refractivity contribution in [2.75, 3.05) is 24.3 Å². The molecule has 5 N–H and O–H groups in total. The molecule has 34 heavy (non-hydrogen) atoms. The van der Waals surface area contributed by atoms with Gasteiger partial charge in [-0.1, -0.05) is 6.07 Å². The lowest BCUT2D eigenvalue weighted by Crippen LogP contribution is -2.23. The van der Waals surface area contributed by atoms with Gasteiger partial charge >= 0.3 is 6.18 Å². The molecule has 0 fully saturated rings. The van der Waals surface area contributed by atoms with Crippen molar-refractivity contribution in [2.24, 2.45) is 5.73 Å². The summed E-state index contributed by atoms with van der Waals surface area (Å²) in [5.74, 6) is -2.53. The van der Waals surface area contributed by atoms with Crippen LogP contribution in [-0.4, -0.2) is 34.7 Å². The van der Waals surface area contributed by atoms with Crippen LogP contribution in [0.25, 0.3) is 0 Å². The standard InChI is InChI=1S/C21H19F4N7O2/c1-34-15-8-11-9-27-6-5-10(11)7-14(15)28-20-30-19(17(18(26)33)31-32-20)29-16-12(21(23,24)25)3-2-4-13(16)22/h2-4,7-8,27H,5-6,9H2,1H3,(H2,26,33)(H2,28,29,30,32). The van der Waals surface area contributed by atoms with Gasteiger partial charge in [0.25, 0.3) is 5.91 Å². The monoisotopic (exact) mass is 477 g/mol. The molecule has 9 nitrogen and oxygen atoms in total. The number of alkyl halides is 3. The number of carbonyl (C=O) groups excluding carboxylic acids is 1. The lowest BCUT2D eigenvalue weighted by molar-refractivity contribution is -0.137. The molecule has 1 aliphatic rings. The van der Waals surface area contributed by atoms with Crippen molar-refractivity contribution in [3.63, 3.8) is 0 Å². The van der Waals surface area contributed by atoms with Gasteiger partial charge in [0.15, 0.2) is 11.5 Å². The maximum atomic E-state index is 14.3. The third-order valence-corrected chi connectivity index (χ3v) is 5.14. The zero-order valence-electron chi connectivity index (χ0n) is 17.8. The number of nitrogens with zero attached hydrogens (tertiary/aromatic N) is 3. The number of anilines is 4. The Morgan fingerprint density at radius 2 is 1.97 bits per heavy atom. The third kappa shape index (κ3) is 4.69. The lowest BCUT2D eigenvalue weighted by atomic mass is 10.00. The number of primary amides is 1. The molecule has 0 bridgehead atoms. The topological polar surface area (TPSA) is 127 Å². The highest BCUT2D eigenvalue weighted by molar-refractivity contribution is 5.96. The number of ether oxygens (including phenoxy) is 1. The molecule has 4 rings (SSSR count). The van der Waals surface area contributed by atoms with E-state index < -0.39 is 40.7 Å². The second kappa shape index (κ2) is 9.09. The molecule has 1 amide bonds. The second-order valence-corrected chi connectivity index (χ2v) is 7.36. The van der Waals surface area contributed by atoms with Crippen molar-refractivity contribution in [1.29, 1.82) is 0 Å². The molecule has 2 aromatic carbocycles. The van der Waals surface area contributed by atoms with Crippen LogP contribution < -0.4 is 26.4 Å². The minimum atomic E-state index is -4.87. The van der Waals surface area contributed by atoms with Crippen LogP contribution >= 0.6 is 0 Å². The number of methoxy groups -OCH3 is 1. The largest absolute Gasteiger partial charge is 0.495 e. The van der Waals surface area contributed by atoms with Crippen LogP contribution in [0.1, 0.15) is 27.2 Å². The summed E-state index contributed by atoms with van der Waals surface area (Å²) >= 11 is 0. The molecule has 1 aromatic heterocycles. The Labute approximate surface area is 190 Å². The molecule has 0 spiro atoms. The van der Waals surface area contributed by atoms with Crippen molar-refractivity contribution < 1.29 is 27.1 Å². The molecule has 0 radical (unpaired) electrons. The number of hydrogen-bond donors (Lipinski definition) is 4. The second-order valence-electron chi connectivity index (χ2n) is 7.36. The average molecular weight is 477 g/mol. The first kappa shape index (κ1) is 23.2. The Hall–Kier alpha value is -4.00. The number of hydrogen-bond acceptors (Lipinski definition) is 8. The fraction of sp³-hybridized carbons (Fsp3) is 0.238. The van der Waals surface area contributed by atoms with Crippen LogP contribution in [0.2, 0.25) is 0 Å². The van der Waals surface area contributed by atoms with E-state index in [-0.39, 0.29) is 5.95 Å². The minimum absolute atomic E-state index is 0.176. The Bertz CT molecular complexity index is 1250. The van der Waals surface area contributed by atoms with Gasteiger partial charge in [-0.3, -0.25) is 4.79 Å². The molecule has 178 valence electrons. The predicted molar refractivity (Wildman–Crippen MR) is 115 cm³/mol. The van der Waals surface area contributed by atoms with Crippen LogP contribution in [0.4, 0.5) is 40.7 Å². The summed E-state index contributed by atoms with van der Waals surface area (Å²) < 4.78 is 59.9. The van der Waals surface area contributed by atoms with Crippen LogP contribution in [-0.2, 0) is 19.1 Å². The molecule has 0 atom stereocenters. The molecule has 0 saturated heterocycles. The normalized spacial score (nSPS) is 13.2. The van der Waals surface area contributed by atoms with Crippen LogP contribution in [0.5, 0.6) is 5.75 Å². The zero-order valence-corrected chi connectivity index (χ0v) is 17.8. The summed E-state index contributed by atoms with van der Waals surface area (Å²) in [7, 11) is 1.47. The summed E-state index contributed by atoms with van der Waals surface area (Å²) in [5, 5.41) is 15.8. The summed E-state index contributed by atoms with van der Waals surface area (Å²) in [6, 6.07) is 6.12. The highest BCUT2D eigenvalue weighted by atomic mass is 19.4. The molecular formula is C21H19F4N7O2. The Kier molecular flexibility index (Phi) is 6.20. The molecule has 0 unspecified atom stereocenters. The molecule has 1 aliphatic heterocycles. The van der Waals surface area contributed by atoms with Gasteiger partial charge in [0.2, 0.25) is 5.95 Å². The number of nitrogens with one attached hydrogen (secondary N) is 3. The molecule has 2 heterocycles. The predicted octanol–water partition coefficient (Wildman–Crippen LogP) is 3.27. The number of carbonyl (C=O) groups is 1. The Balaban J connectivity index is 1.73. The summed E-state index contributed by atoms with van der Waals surface area (Å²) in [5.41, 5.74) is 5.08. The van der Waals surface area contributed by atoms with Crippen molar-refractivity contribution in [3.05, 3.63) is 58.5 Å². The molecule has 13 heteroatoms. The van der Waals surface area contributed by atoms with E-state index in [1.807, 2.05) is 12.1 Å². The van der Waals surface area contributed by atoms with Crippen LogP contribution in [0.15, 0.2) is 30.3 Å². The number of amides is 1. The molecular weight excluding hydrogens is 458 g/mol. The number of benzene rings is 2. The maximum Gasteiger partial charge on any atom is 0.418 e. The first-order valence-corrected chi connectivity index (χ1v) is 10.0. The fourth-order valence-electron chi connectivity index (χ4n) is 3.53. The number of rotatable bonds is 6. The first-order valence-electron chi connectivity index (χ1n) is 10.0. The zero-order chi connectivity index (χ0) is 24.5. The number of fused-ring (bicyclic) bond motifs is 1. The number of halogens is 4. The highest BCUT2D eigenvalue weighted by Crippen LogP contribution is 2.38. The van der Waals surface area contributed by atoms with E-state index in [2.05, 4.69) is 31.1 Å². The number of para-hydroxylation sites is 1. The fourth-order valence-corrected chi connectivity index (χ4v) is 3.53. The Morgan fingerprint density at radius 3 is 2.68 bits per heavy atom.